The smallest absolute Gasteiger partial charge is 0.00979 e. The van der Waals surface area contributed by atoms with Crippen molar-refractivity contribution in [3.63, 3.8) is 0 Å². The van der Waals surface area contributed by atoms with Crippen molar-refractivity contribution >= 4 is 0 Å². The van der Waals surface area contributed by atoms with Crippen LogP contribution in [-0.4, -0.2) is 12.6 Å². The Morgan fingerprint density at radius 3 is 2.11 bits per heavy atom. The van der Waals surface area contributed by atoms with Crippen molar-refractivity contribution in [2.75, 3.05) is 6.54 Å². The highest BCUT2D eigenvalue weighted by molar-refractivity contribution is 4.82. The fraction of sp³-hybridized carbons (Fsp3) is 1.00. The molecule has 0 heterocycles. The molecule has 0 aromatic carbocycles. The largest absolute Gasteiger partial charge is 0.314 e. The molecule has 2 saturated carbocycles. The highest BCUT2D eigenvalue weighted by Gasteiger charge is 2.26. The van der Waals surface area contributed by atoms with Crippen molar-refractivity contribution in [1.82, 2.24) is 5.32 Å². The van der Waals surface area contributed by atoms with Crippen molar-refractivity contribution in [3.8, 4) is 0 Å². The molecule has 0 aromatic rings. The average molecular weight is 251 g/mol. The molecule has 0 aliphatic heterocycles. The van der Waals surface area contributed by atoms with Crippen molar-refractivity contribution in [3.05, 3.63) is 0 Å². The molecule has 1 nitrogen and oxygen atoms in total. The van der Waals surface area contributed by atoms with Gasteiger partial charge in [-0.15, -0.1) is 0 Å². The van der Waals surface area contributed by atoms with Crippen LogP contribution >= 0.6 is 0 Å². The predicted octanol–water partition coefficient (Wildman–Crippen LogP) is 4.91. The van der Waals surface area contributed by atoms with Gasteiger partial charge in [-0.05, 0) is 44.1 Å². The monoisotopic (exact) mass is 251 g/mol. The van der Waals surface area contributed by atoms with Crippen LogP contribution in [0.3, 0.4) is 0 Å². The standard InChI is InChI=1S/C17H33N/c1-2-13-18-17(16-11-7-4-8-12-16)14-15-9-5-3-6-10-15/h15-18H,2-14H2,1H3. The fourth-order valence-corrected chi connectivity index (χ4v) is 4.09. The lowest BCUT2D eigenvalue weighted by molar-refractivity contribution is 0.212. The van der Waals surface area contributed by atoms with Gasteiger partial charge in [0.05, 0.1) is 0 Å². The van der Waals surface area contributed by atoms with Gasteiger partial charge >= 0.3 is 0 Å². The van der Waals surface area contributed by atoms with Gasteiger partial charge in [-0.3, -0.25) is 0 Å². The van der Waals surface area contributed by atoms with E-state index in [0.717, 1.165) is 17.9 Å². The Labute approximate surface area is 114 Å². The van der Waals surface area contributed by atoms with E-state index in [1.165, 1.54) is 83.6 Å². The number of rotatable bonds is 6. The first kappa shape index (κ1) is 14.4. The third kappa shape index (κ3) is 4.57. The maximum atomic E-state index is 3.89. The Kier molecular flexibility index (Phi) is 6.54. The van der Waals surface area contributed by atoms with E-state index in [9.17, 15) is 0 Å². The molecule has 2 fully saturated rings. The van der Waals surface area contributed by atoms with Gasteiger partial charge < -0.3 is 5.32 Å². The Morgan fingerprint density at radius 2 is 1.50 bits per heavy atom. The maximum absolute atomic E-state index is 3.89. The Balaban J connectivity index is 1.82. The van der Waals surface area contributed by atoms with Crippen molar-refractivity contribution in [1.29, 1.82) is 0 Å². The highest BCUT2D eigenvalue weighted by atomic mass is 14.9. The van der Waals surface area contributed by atoms with Crippen molar-refractivity contribution in [2.24, 2.45) is 11.8 Å². The van der Waals surface area contributed by atoms with E-state index in [2.05, 4.69) is 12.2 Å². The summed E-state index contributed by atoms with van der Waals surface area (Å²) < 4.78 is 0. The molecule has 1 unspecified atom stereocenters. The van der Waals surface area contributed by atoms with Crippen LogP contribution in [0.15, 0.2) is 0 Å². The fourth-order valence-electron chi connectivity index (χ4n) is 4.09. The highest BCUT2D eigenvalue weighted by Crippen LogP contribution is 2.33. The normalized spacial score (nSPS) is 25.2. The minimum Gasteiger partial charge on any atom is -0.314 e. The molecule has 2 aliphatic carbocycles. The first-order valence-corrected chi connectivity index (χ1v) is 8.63. The molecule has 1 N–H and O–H groups in total. The minimum absolute atomic E-state index is 0.841. The topological polar surface area (TPSA) is 12.0 Å². The average Bonchev–Trinajstić information content (AvgIpc) is 2.45. The molecule has 18 heavy (non-hydrogen) atoms. The van der Waals surface area contributed by atoms with E-state index in [0.29, 0.717) is 0 Å². The Bertz CT molecular complexity index is 202. The quantitative estimate of drug-likeness (QED) is 0.707. The summed E-state index contributed by atoms with van der Waals surface area (Å²) >= 11 is 0. The van der Waals surface area contributed by atoms with Crippen LogP contribution in [-0.2, 0) is 0 Å². The number of nitrogens with one attached hydrogen (secondary N) is 1. The second-order valence-electron chi connectivity index (χ2n) is 6.70. The summed E-state index contributed by atoms with van der Waals surface area (Å²) in [5.41, 5.74) is 0. The molecule has 1 heteroatoms. The van der Waals surface area contributed by atoms with Crippen LogP contribution < -0.4 is 5.32 Å². The molecule has 2 aliphatic rings. The van der Waals surface area contributed by atoms with Crippen LogP contribution in [0, 0.1) is 11.8 Å². The molecule has 106 valence electrons. The van der Waals surface area contributed by atoms with E-state index < -0.39 is 0 Å². The first-order valence-electron chi connectivity index (χ1n) is 8.63. The van der Waals surface area contributed by atoms with Gasteiger partial charge in [0.2, 0.25) is 0 Å². The van der Waals surface area contributed by atoms with Gasteiger partial charge in [0.25, 0.3) is 0 Å². The summed E-state index contributed by atoms with van der Waals surface area (Å²) in [6, 6.07) is 0.841. The maximum Gasteiger partial charge on any atom is 0.00979 e. The summed E-state index contributed by atoms with van der Waals surface area (Å²) in [6.45, 7) is 3.53. The van der Waals surface area contributed by atoms with Gasteiger partial charge in [0.15, 0.2) is 0 Å². The lowest BCUT2D eigenvalue weighted by Crippen LogP contribution is -2.39. The van der Waals surface area contributed by atoms with Gasteiger partial charge in [-0.1, -0.05) is 58.3 Å². The summed E-state index contributed by atoms with van der Waals surface area (Å²) in [7, 11) is 0. The zero-order valence-electron chi connectivity index (χ0n) is 12.4. The van der Waals surface area contributed by atoms with E-state index in [4.69, 9.17) is 0 Å². The second-order valence-corrected chi connectivity index (χ2v) is 6.70. The molecule has 0 amide bonds. The lowest BCUT2D eigenvalue weighted by atomic mass is 9.77. The second kappa shape index (κ2) is 8.19. The summed E-state index contributed by atoms with van der Waals surface area (Å²) in [4.78, 5) is 0. The molecule has 0 bridgehead atoms. The number of hydrogen-bond acceptors (Lipinski definition) is 1. The Morgan fingerprint density at radius 1 is 0.889 bits per heavy atom. The summed E-state index contributed by atoms with van der Waals surface area (Å²) in [5.74, 6) is 2.03. The molecular weight excluding hydrogens is 218 g/mol. The molecular formula is C17H33N. The van der Waals surface area contributed by atoms with E-state index in [1.54, 1.807) is 0 Å². The lowest BCUT2D eigenvalue weighted by Gasteiger charge is -2.34. The van der Waals surface area contributed by atoms with Crippen LogP contribution in [0.4, 0.5) is 0 Å². The minimum atomic E-state index is 0.841. The molecule has 0 aromatic heterocycles. The van der Waals surface area contributed by atoms with Gasteiger partial charge in [-0.2, -0.15) is 0 Å². The third-order valence-electron chi connectivity index (χ3n) is 5.19. The van der Waals surface area contributed by atoms with Crippen molar-refractivity contribution in [2.45, 2.75) is 90.0 Å². The van der Waals surface area contributed by atoms with Crippen LogP contribution in [0.25, 0.3) is 0 Å². The third-order valence-corrected chi connectivity index (χ3v) is 5.19. The molecule has 0 spiro atoms. The molecule has 1 atom stereocenters. The van der Waals surface area contributed by atoms with Crippen molar-refractivity contribution < 1.29 is 0 Å². The van der Waals surface area contributed by atoms with E-state index >= 15 is 0 Å². The van der Waals surface area contributed by atoms with Gasteiger partial charge in [0, 0.05) is 6.04 Å². The van der Waals surface area contributed by atoms with Crippen LogP contribution in [0.1, 0.15) is 84.0 Å². The summed E-state index contributed by atoms with van der Waals surface area (Å²) in [6.07, 6.45) is 17.7. The van der Waals surface area contributed by atoms with E-state index in [-0.39, 0.29) is 0 Å². The number of hydrogen-bond donors (Lipinski definition) is 1. The molecule has 0 saturated heterocycles. The molecule has 2 rings (SSSR count). The van der Waals surface area contributed by atoms with E-state index in [1.807, 2.05) is 0 Å². The zero-order valence-corrected chi connectivity index (χ0v) is 12.4. The zero-order chi connectivity index (χ0) is 12.6. The summed E-state index contributed by atoms with van der Waals surface area (Å²) in [5, 5.41) is 3.89. The van der Waals surface area contributed by atoms with Gasteiger partial charge in [-0.25, -0.2) is 0 Å². The van der Waals surface area contributed by atoms with Crippen LogP contribution in [0.2, 0.25) is 0 Å². The SMILES string of the molecule is CCCNC(CC1CCCCC1)C1CCCCC1. The Hall–Kier alpha value is -0.0400. The molecule has 0 radical (unpaired) electrons. The first-order chi connectivity index (χ1) is 8.90. The van der Waals surface area contributed by atoms with Crippen LogP contribution in [0.5, 0.6) is 0 Å². The van der Waals surface area contributed by atoms with Gasteiger partial charge in [0.1, 0.15) is 0 Å². The predicted molar refractivity (Wildman–Crippen MR) is 79.8 cm³/mol.